The summed E-state index contributed by atoms with van der Waals surface area (Å²) in [6.07, 6.45) is 2.00. The first kappa shape index (κ1) is 7.25. The Morgan fingerprint density at radius 2 is 2.40 bits per heavy atom. The third kappa shape index (κ3) is 1.56. The van der Waals surface area contributed by atoms with Crippen LogP contribution in [0.1, 0.15) is 13.8 Å². The van der Waals surface area contributed by atoms with Gasteiger partial charge in [0.15, 0.2) is 0 Å². The van der Waals surface area contributed by atoms with Crippen LogP contribution in [0.2, 0.25) is 0 Å². The molecule has 0 aromatic carbocycles. The minimum atomic E-state index is -1.25. The standard InChI is InChI=1S/C7H11FN2/c1-5(2)6-3-9-7(8)10-4-6/h3-5,7,9H,1-2H3. The van der Waals surface area contributed by atoms with Gasteiger partial charge < -0.3 is 5.32 Å². The molecule has 0 bridgehead atoms. The molecule has 10 heavy (non-hydrogen) atoms. The molecule has 0 saturated carbocycles. The molecule has 0 aliphatic carbocycles. The van der Waals surface area contributed by atoms with Gasteiger partial charge >= 0.3 is 0 Å². The van der Waals surface area contributed by atoms with Crippen LogP contribution in [0.5, 0.6) is 0 Å². The molecule has 0 spiro atoms. The van der Waals surface area contributed by atoms with Gasteiger partial charge in [-0.1, -0.05) is 13.8 Å². The van der Waals surface area contributed by atoms with Gasteiger partial charge in [-0.05, 0) is 11.5 Å². The van der Waals surface area contributed by atoms with E-state index in [0.29, 0.717) is 5.92 Å². The largest absolute Gasteiger partial charge is 0.344 e. The molecule has 1 atom stereocenters. The lowest BCUT2D eigenvalue weighted by molar-refractivity contribution is 0.312. The number of aliphatic imine (C=N–C) groups is 1. The third-order valence-electron chi connectivity index (χ3n) is 1.41. The molecule has 1 heterocycles. The first-order valence-electron chi connectivity index (χ1n) is 3.33. The van der Waals surface area contributed by atoms with Gasteiger partial charge in [-0.15, -0.1) is 0 Å². The molecule has 0 aromatic rings. The van der Waals surface area contributed by atoms with Gasteiger partial charge in [-0.2, -0.15) is 4.39 Å². The van der Waals surface area contributed by atoms with Gasteiger partial charge in [0.05, 0.1) is 0 Å². The van der Waals surface area contributed by atoms with Crippen LogP contribution >= 0.6 is 0 Å². The lowest BCUT2D eigenvalue weighted by Gasteiger charge is -2.13. The van der Waals surface area contributed by atoms with Gasteiger partial charge in [0, 0.05) is 12.4 Å². The highest BCUT2D eigenvalue weighted by Gasteiger charge is 2.07. The van der Waals surface area contributed by atoms with Crippen molar-refractivity contribution in [2.45, 2.75) is 20.3 Å². The molecule has 1 rings (SSSR count). The predicted molar refractivity (Wildman–Crippen MR) is 39.4 cm³/mol. The quantitative estimate of drug-likeness (QED) is 0.550. The number of rotatable bonds is 1. The molecule has 0 aromatic heterocycles. The van der Waals surface area contributed by atoms with Crippen LogP contribution in [0.15, 0.2) is 16.8 Å². The second kappa shape index (κ2) is 2.82. The van der Waals surface area contributed by atoms with Crippen LogP contribution < -0.4 is 5.32 Å². The monoisotopic (exact) mass is 142 g/mol. The van der Waals surface area contributed by atoms with E-state index in [9.17, 15) is 4.39 Å². The number of nitrogens with one attached hydrogen (secondary N) is 1. The predicted octanol–water partition coefficient (Wildman–Crippen LogP) is 1.45. The van der Waals surface area contributed by atoms with Gasteiger partial charge in [0.25, 0.3) is 6.42 Å². The Morgan fingerprint density at radius 1 is 1.70 bits per heavy atom. The van der Waals surface area contributed by atoms with Crippen LogP contribution in [-0.4, -0.2) is 12.6 Å². The summed E-state index contributed by atoms with van der Waals surface area (Å²) < 4.78 is 12.3. The molecule has 1 aliphatic heterocycles. The van der Waals surface area contributed by atoms with Crippen LogP contribution in [-0.2, 0) is 0 Å². The zero-order chi connectivity index (χ0) is 7.56. The first-order chi connectivity index (χ1) is 4.70. The smallest absolute Gasteiger partial charge is 0.264 e. The Morgan fingerprint density at radius 3 is 2.80 bits per heavy atom. The Balaban J connectivity index is 2.59. The maximum atomic E-state index is 12.3. The molecule has 0 radical (unpaired) electrons. The van der Waals surface area contributed by atoms with Gasteiger partial charge in [0.1, 0.15) is 0 Å². The number of halogens is 1. The molecule has 3 heteroatoms. The van der Waals surface area contributed by atoms with E-state index in [1.165, 1.54) is 0 Å². The van der Waals surface area contributed by atoms with Crippen molar-refractivity contribution in [1.82, 2.24) is 5.32 Å². The summed E-state index contributed by atoms with van der Waals surface area (Å²) in [4.78, 5) is 3.56. The van der Waals surface area contributed by atoms with Crippen molar-refractivity contribution in [3.63, 3.8) is 0 Å². The highest BCUT2D eigenvalue weighted by molar-refractivity contribution is 5.79. The van der Waals surface area contributed by atoms with E-state index in [1.807, 2.05) is 13.8 Å². The highest BCUT2D eigenvalue weighted by atomic mass is 19.1. The molecule has 2 nitrogen and oxygen atoms in total. The summed E-state index contributed by atoms with van der Waals surface area (Å²) >= 11 is 0. The topological polar surface area (TPSA) is 24.4 Å². The molecule has 0 saturated heterocycles. The van der Waals surface area contributed by atoms with Crippen LogP contribution in [0, 0.1) is 5.92 Å². The molecular formula is C7H11FN2. The fourth-order valence-corrected chi connectivity index (χ4v) is 0.713. The zero-order valence-corrected chi connectivity index (χ0v) is 6.13. The third-order valence-corrected chi connectivity index (χ3v) is 1.41. The van der Waals surface area contributed by atoms with Crippen molar-refractivity contribution < 1.29 is 4.39 Å². The maximum absolute atomic E-state index is 12.3. The Bertz CT molecular complexity index is 172. The van der Waals surface area contributed by atoms with Crippen molar-refractivity contribution in [2.24, 2.45) is 10.9 Å². The molecule has 56 valence electrons. The molecule has 0 amide bonds. The summed E-state index contributed by atoms with van der Waals surface area (Å²) in [5.41, 5.74) is 1.04. The normalized spacial score (nSPS) is 24.4. The average molecular weight is 142 g/mol. The Labute approximate surface area is 59.8 Å². The number of hydrogen-bond acceptors (Lipinski definition) is 2. The minimum Gasteiger partial charge on any atom is -0.344 e. The van der Waals surface area contributed by atoms with Crippen LogP contribution in [0.4, 0.5) is 4.39 Å². The fraction of sp³-hybridized carbons (Fsp3) is 0.571. The molecule has 1 aliphatic rings. The SMILES string of the molecule is CC(C)C1=CNC(F)N=C1. The van der Waals surface area contributed by atoms with Crippen LogP contribution in [0.3, 0.4) is 0 Å². The van der Waals surface area contributed by atoms with Crippen molar-refractivity contribution in [3.05, 3.63) is 11.8 Å². The number of allylic oxidation sites excluding steroid dienone is 1. The van der Waals surface area contributed by atoms with Gasteiger partial charge in [-0.25, -0.2) is 4.99 Å². The van der Waals surface area contributed by atoms with Gasteiger partial charge in [-0.3, -0.25) is 0 Å². The number of nitrogens with zero attached hydrogens (tertiary/aromatic N) is 1. The first-order valence-corrected chi connectivity index (χ1v) is 3.33. The van der Waals surface area contributed by atoms with E-state index in [1.54, 1.807) is 12.4 Å². The van der Waals surface area contributed by atoms with Crippen molar-refractivity contribution >= 4 is 6.21 Å². The Hall–Kier alpha value is -0.860. The molecule has 1 unspecified atom stereocenters. The zero-order valence-electron chi connectivity index (χ0n) is 6.13. The van der Waals surface area contributed by atoms with Gasteiger partial charge in [0.2, 0.25) is 0 Å². The summed E-state index contributed by atoms with van der Waals surface area (Å²) in [6, 6.07) is 0. The second-order valence-electron chi connectivity index (χ2n) is 2.58. The summed E-state index contributed by atoms with van der Waals surface area (Å²) in [5, 5.41) is 2.49. The molecular weight excluding hydrogens is 131 g/mol. The van der Waals surface area contributed by atoms with E-state index >= 15 is 0 Å². The van der Waals surface area contributed by atoms with E-state index in [4.69, 9.17) is 0 Å². The lowest BCUT2D eigenvalue weighted by Crippen LogP contribution is -2.22. The van der Waals surface area contributed by atoms with Crippen LogP contribution in [0.25, 0.3) is 0 Å². The van der Waals surface area contributed by atoms with E-state index in [-0.39, 0.29) is 0 Å². The maximum Gasteiger partial charge on any atom is 0.264 e. The number of hydrogen-bond donors (Lipinski definition) is 1. The highest BCUT2D eigenvalue weighted by Crippen LogP contribution is 2.09. The minimum absolute atomic E-state index is 0.406. The summed E-state index contributed by atoms with van der Waals surface area (Å²) in [5.74, 6) is 0.406. The van der Waals surface area contributed by atoms with E-state index in [2.05, 4.69) is 10.3 Å². The van der Waals surface area contributed by atoms with Crippen molar-refractivity contribution in [2.75, 3.05) is 0 Å². The fourth-order valence-electron chi connectivity index (χ4n) is 0.713. The summed E-state index contributed by atoms with van der Waals surface area (Å²) in [7, 11) is 0. The number of alkyl halides is 1. The van der Waals surface area contributed by atoms with E-state index in [0.717, 1.165) is 5.57 Å². The lowest BCUT2D eigenvalue weighted by atomic mass is 10.1. The Kier molecular flexibility index (Phi) is 2.04. The molecule has 1 N–H and O–H groups in total. The average Bonchev–Trinajstić information content (AvgIpc) is 1.88. The van der Waals surface area contributed by atoms with E-state index < -0.39 is 6.42 Å². The van der Waals surface area contributed by atoms with Crippen molar-refractivity contribution in [1.29, 1.82) is 0 Å². The summed E-state index contributed by atoms with van der Waals surface area (Å²) in [6.45, 7) is 4.08. The second-order valence-corrected chi connectivity index (χ2v) is 2.58. The molecule has 0 fully saturated rings. The van der Waals surface area contributed by atoms with Crippen molar-refractivity contribution in [3.8, 4) is 0 Å².